The van der Waals surface area contributed by atoms with Gasteiger partial charge in [-0.15, -0.1) is 0 Å². The minimum atomic E-state index is -0.450. The number of rotatable bonds is 3. The SMILES string of the molecule is OC1(Cc2ccc(-c3ccccc3)cc2)CCCC1. The standard InChI is InChI=1S/C18H20O/c19-18(12-4-5-13-18)14-15-8-10-17(11-9-15)16-6-2-1-3-7-16/h1-3,6-11,19H,4-5,12-14H2. The van der Waals surface area contributed by atoms with Gasteiger partial charge in [-0.3, -0.25) is 0 Å². The Bertz CT molecular complexity index is 521. The maximum Gasteiger partial charge on any atom is 0.0688 e. The Morgan fingerprint density at radius 3 is 2.00 bits per heavy atom. The van der Waals surface area contributed by atoms with Gasteiger partial charge in [-0.25, -0.2) is 0 Å². The van der Waals surface area contributed by atoms with E-state index >= 15 is 0 Å². The van der Waals surface area contributed by atoms with Crippen molar-refractivity contribution in [3.63, 3.8) is 0 Å². The highest BCUT2D eigenvalue weighted by Gasteiger charge is 2.30. The zero-order valence-electron chi connectivity index (χ0n) is 11.2. The topological polar surface area (TPSA) is 20.2 Å². The fraction of sp³-hybridized carbons (Fsp3) is 0.333. The molecule has 1 N–H and O–H groups in total. The van der Waals surface area contributed by atoms with Crippen LogP contribution in [0.2, 0.25) is 0 Å². The van der Waals surface area contributed by atoms with Crippen molar-refractivity contribution >= 4 is 0 Å². The first-order chi connectivity index (χ1) is 9.25. The third-order valence-corrected chi connectivity index (χ3v) is 4.13. The number of aliphatic hydroxyl groups is 1. The van der Waals surface area contributed by atoms with Gasteiger partial charge in [-0.2, -0.15) is 0 Å². The van der Waals surface area contributed by atoms with Gasteiger partial charge < -0.3 is 5.11 Å². The maximum atomic E-state index is 10.4. The van der Waals surface area contributed by atoms with Crippen molar-refractivity contribution < 1.29 is 5.11 Å². The van der Waals surface area contributed by atoms with E-state index in [0.29, 0.717) is 0 Å². The summed E-state index contributed by atoms with van der Waals surface area (Å²) in [4.78, 5) is 0. The van der Waals surface area contributed by atoms with Crippen molar-refractivity contribution in [1.82, 2.24) is 0 Å². The summed E-state index contributed by atoms with van der Waals surface area (Å²) in [5.74, 6) is 0. The second-order valence-corrected chi connectivity index (χ2v) is 5.67. The highest BCUT2D eigenvalue weighted by Crippen LogP contribution is 2.32. The van der Waals surface area contributed by atoms with E-state index in [1.165, 1.54) is 29.5 Å². The normalized spacial score (nSPS) is 17.5. The van der Waals surface area contributed by atoms with E-state index in [-0.39, 0.29) is 0 Å². The molecule has 2 aromatic rings. The molecule has 1 aliphatic carbocycles. The average Bonchev–Trinajstić information content (AvgIpc) is 2.87. The third kappa shape index (κ3) is 2.87. The molecule has 0 saturated heterocycles. The van der Waals surface area contributed by atoms with Crippen LogP contribution in [-0.2, 0) is 6.42 Å². The van der Waals surface area contributed by atoms with Gasteiger partial charge in [0.1, 0.15) is 0 Å². The molecule has 1 fully saturated rings. The first-order valence-corrected chi connectivity index (χ1v) is 7.12. The monoisotopic (exact) mass is 252 g/mol. The molecular weight excluding hydrogens is 232 g/mol. The molecule has 0 atom stereocenters. The Balaban J connectivity index is 1.76. The van der Waals surface area contributed by atoms with E-state index in [9.17, 15) is 5.11 Å². The van der Waals surface area contributed by atoms with Gasteiger partial charge in [0, 0.05) is 6.42 Å². The van der Waals surface area contributed by atoms with E-state index in [2.05, 4.69) is 48.5 Å². The maximum absolute atomic E-state index is 10.4. The Hall–Kier alpha value is -1.60. The molecule has 19 heavy (non-hydrogen) atoms. The highest BCUT2D eigenvalue weighted by atomic mass is 16.3. The summed E-state index contributed by atoms with van der Waals surface area (Å²) in [5.41, 5.74) is 3.27. The molecule has 98 valence electrons. The molecule has 3 rings (SSSR count). The second kappa shape index (κ2) is 5.18. The van der Waals surface area contributed by atoms with Crippen LogP contribution in [0, 0.1) is 0 Å². The molecule has 0 aliphatic heterocycles. The van der Waals surface area contributed by atoms with Crippen LogP contribution >= 0.6 is 0 Å². The lowest BCUT2D eigenvalue weighted by Gasteiger charge is -2.22. The molecule has 0 amide bonds. The minimum Gasteiger partial charge on any atom is -0.390 e. The van der Waals surface area contributed by atoms with Crippen LogP contribution in [0.25, 0.3) is 11.1 Å². The predicted octanol–water partition coefficient (Wildman–Crippen LogP) is 4.20. The molecule has 0 unspecified atom stereocenters. The van der Waals surface area contributed by atoms with E-state index < -0.39 is 5.60 Å². The van der Waals surface area contributed by atoms with Crippen LogP contribution in [0.3, 0.4) is 0 Å². The molecule has 1 heteroatoms. The number of hydrogen-bond donors (Lipinski definition) is 1. The molecule has 0 spiro atoms. The van der Waals surface area contributed by atoms with Crippen molar-refractivity contribution in [1.29, 1.82) is 0 Å². The van der Waals surface area contributed by atoms with Gasteiger partial charge in [0.2, 0.25) is 0 Å². The number of hydrogen-bond acceptors (Lipinski definition) is 1. The Morgan fingerprint density at radius 2 is 1.37 bits per heavy atom. The molecule has 1 aliphatic rings. The van der Waals surface area contributed by atoms with Crippen LogP contribution in [0.1, 0.15) is 31.2 Å². The van der Waals surface area contributed by atoms with Crippen molar-refractivity contribution in [3.8, 4) is 11.1 Å². The first-order valence-electron chi connectivity index (χ1n) is 7.12. The van der Waals surface area contributed by atoms with E-state index in [1.807, 2.05) is 6.07 Å². The summed E-state index contributed by atoms with van der Waals surface area (Å²) in [6, 6.07) is 19.0. The van der Waals surface area contributed by atoms with Gasteiger partial charge >= 0.3 is 0 Å². The van der Waals surface area contributed by atoms with Crippen molar-refractivity contribution in [2.24, 2.45) is 0 Å². The Morgan fingerprint density at radius 1 is 0.789 bits per heavy atom. The zero-order valence-corrected chi connectivity index (χ0v) is 11.2. The zero-order chi connectivity index (χ0) is 13.1. The van der Waals surface area contributed by atoms with Crippen LogP contribution in [-0.4, -0.2) is 10.7 Å². The van der Waals surface area contributed by atoms with E-state index in [4.69, 9.17) is 0 Å². The number of benzene rings is 2. The van der Waals surface area contributed by atoms with Gasteiger partial charge in [0.25, 0.3) is 0 Å². The summed E-state index contributed by atoms with van der Waals surface area (Å²) in [6.07, 6.45) is 5.03. The van der Waals surface area contributed by atoms with Crippen molar-refractivity contribution in [2.45, 2.75) is 37.7 Å². The third-order valence-electron chi connectivity index (χ3n) is 4.13. The molecule has 1 saturated carbocycles. The van der Waals surface area contributed by atoms with Crippen LogP contribution in [0.15, 0.2) is 54.6 Å². The Labute approximate surface area is 114 Å². The van der Waals surface area contributed by atoms with Crippen molar-refractivity contribution in [2.75, 3.05) is 0 Å². The molecule has 0 bridgehead atoms. The molecule has 2 aromatic carbocycles. The fourth-order valence-corrected chi connectivity index (χ4v) is 3.04. The second-order valence-electron chi connectivity index (χ2n) is 5.67. The lowest BCUT2D eigenvalue weighted by atomic mass is 9.92. The molecule has 0 radical (unpaired) electrons. The van der Waals surface area contributed by atoms with Crippen LogP contribution in [0.5, 0.6) is 0 Å². The summed E-state index contributed by atoms with van der Waals surface area (Å²) in [7, 11) is 0. The summed E-state index contributed by atoms with van der Waals surface area (Å²) < 4.78 is 0. The lowest BCUT2D eigenvalue weighted by molar-refractivity contribution is 0.0482. The average molecular weight is 252 g/mol. The summed E-state index contributed by atoms with van der Waals surface area (Å²) in [6.45, 7) is 0. The van der Waals surface area contributed by atoms with Gasteiger partial charge in [0.15, 0.2) is 0 Å². The minimum absolute atomic E-state index is 0.450. The lowest BCUT2D eigenvalue weighted by Crippen LogP contribution is -2.26. The molecule has 0 aromatic heterocycles. The van der Waals surface area contributed by atoms with Crippen LogP contribution in [0.4, 0.5) is 0 Å². The van der Waals surface area contributed by atoms with E-state index in [1.54, 1.807) is 0 Å². The largest absolute Gasteiger partial charge is 0.390 e. The first kappa shape index (κ1) is 12.4. The molecule has 0 heterocycles. The van der Waals surface area contributed by atoms with Gasteiger partial charge in [-0.05, 0) is 29.5 Å². The highest BCUT2D eigenvalue weighted by molar-refractivity contribution is 5.63. The van der Waals surface area contributed by atoms with Gasteiger partial charge in [0.05, 0.1) is 5.60 Å². The smallest absolute Gasteiger partial charge is 0.0688 e. The Kier molecular flexibility index (Phi) is 3.39. The molecule has 1 nitrogen and oxygen atoms in total. The molecular formula is C18H20O. The van der Waals surface area contributed by atoms with E-state index in [0.717, 1.165) is 19.3 Å². The predicted molar refractivity (Wildman–Crippen MR) is 79.0 cm³/mol. The fourth-order valence-electron chi connectivity index (χ4n) is 3.04. The van der Waals surface area contributed by atoms with Crippen LogP contribution < -0.4 is 0 Å². The van der Waals surface area contributed by atoms with Crippen molar-refractivity contribution in [3.05, 3.63) is 60.2 Å². The summed E-state index contributed by atoms with van der Waals surface area (Å²) in [5, 5.41) is 10.4. The quantitative estimate of drug-likeness (QED) is 0.868. The summed E-state index contributed by atoms with van der Waals surface area (Å²) >= 11 is 0. The van der Waals surface area contributed by atoms with Gasteiger partial charge in [-0.1, -0.05) is 67.4 Å².